The smallest absolute Gasteiger partial charge is 0.0391 e. The van der Waals surface area contributed by atoms with E-state index in [1.54, 1.807) is 0 Å². The van der Waals surface area contributed by atoms with Gasteiger partial charge in [-0.15, -0.1) is 0 Å². The molecule has 0 saturated carbocycles. The first-order chi connectivity index (χ1) is 6.81. The molecule has 0 radical (unpaired) electrons. The normalized spacial score (nSPS) is 20.0. The van der Waals surface area contributed by atoms with Crippen molar-refractivity contribution < 1.29 is 0 Å². The van der Waals surface area contributed by atoms with Gasteiger partial charge in [-0.05, 0) is 37.1 Å². The minimum Gasteiger partial charge on any atom is -0.385 e. The Kier molecular flexibility index (Phi) is 2.73. The third-order valence-electron chi connectivity index (χ3n) is 2.78. The van der Waals surface area contributed by atoms with Crippen molar-refractivity contribution in [1.29, 1.82) is 0 Å². The van der Waals surface area contributed by atoms with Crippen LogP contribution in [0.1, 0.15) is 30.5 Å². The Hall–Kier alpha value is -1.02. The molecule has 0 spiro atoms. The summed E-state index contributed by atoms with van der Waals surface area (Å²) >= 11 is 0. The molecule has 0 saturated heterocycles. The SMILES string of the molecule is CCNC1CCNc2cc(C)ccc21. The molecule has 1 aliphatic rings. The van der Waals surface area contributed by atoms with Crippen molar-refractivity contribution in [1.82, 2.24) is 5.32 Å². The highest BCUT2D eigenvalue weighted by Crippen LogP contribution is 2.30. The third-order valence-corrected chi connectivity index (χ3v) is 2.78. The van der Waals surface area contributed by atoms with Crippen molar-refractivity contribution in [2.45, 2.75) is 26.3 Å². The zero-order valence-corrected chi connectivity index (χ0v) is 8.93. The number of hydrogen-bond acceptors (Lipinski definition) is 2. The van der Waals surface area contributed by atoms with Crippen molar-refractivity contribution in [3.05, 3.63) is 29.3 Å². The molecule has 1 aromatic carbocycles. The largest absolute Gasteiger partial charge is 0.385 e. The molecule has 1 heterocycles. The molecule has 0 bridgehead atoms. The van der Waals surface area contributed by atoms with Gasteiger partial charge in [0.1, 0.15) is 0 Å². The van der Waals surface area contributed by atoms with E-state index in [1.807, 2.05) is 0 Å². The molecule has 2 nitrogen and oxygen atoms in total. The first kappa shape index (κ1) is 9.53. The molecular weight excluding hydrogens is 172 g/mol. The molecule has 1 aromatic rings. The van der Waals surface area contributed by atoms with Gasteiger partial charge in [0, 0.05) is 18.3 Å². The van der Waals surface area contributed by atoms with Crippen LogP contribution in [0, 0.1) is 6.92 Å². The van der Waals surface area contributed by atoms with Crippen LogP contribution in [-0.4, -0.2) is 13.1 Å². The molecule has 76 valence electrons. The number of benzene rings is 1. The van der Waals surface area contributed by atoms with E-state index in [-0.39, 0.29) is 0 Å². The van der Waals surface area contributed by atoms with E-state index in [0.29, 0.717) is 6.04 Å². The van der Waals surface area contributed by atoms with E-state index in [0.717, 1.165) is 13.1 Å². The van der Waals surface area contributed by atoms with Crippen molar-refractivity contribution >= 4 is 5.69 Å². The second-order valence-electron chi connectivity index (χ2n) is 3.92. The average molecular weight is 190 g/mol. The summed E-state index contributed by atoms with van der Waals surface area (Å²) in [6.07, 6.45) is 1.18. The van der Waals surface area contributed by atoms with Gasteiger partial charge in [0.2, 0.25) is 0 Å². The Labute approximate surface area is 85.7 Å². The maximum absolute atomic E-state index is 3.52. The molecule has 1 atom stereocenters. The number of aryl methyl sites for hydroxylation is 1. The lowest BCUT2D eigenvalue weighted by molar-refractivity contribution is 0.517. The highest BCUT2D eigenvalue weighted by molar-refractivity contribution is 5.56. The van der Waals surface area contributed by atoms with Crippen LogP contribution in [0.5, 0.6) is 0 Å². The molecule has 0 fully saturated rings. The molecule has 0 amide bonds. The van der Waals surface area contributed by atoms with Crippen LogP contribution in [0.4, 0.5) is 5.69 Å². The molecule has 14 heavy (non-hydrogen) atoms. The van der Waals surface area contributed by atoms with Crippen LogP contribution in [0.3, 0.4) is 0 Å². The fourth-order valence-corrected chi connectivity index (χ4v) is 2.09. The molecule has 0 aromatic heterocycles. The van der Waals surface area contributed by atoms with Gasteiger partial charge in [-0.1, -0.05) is 19.1 Å². The first-order valence-corrected chi connectivity index (χ1v) is 5.39. The first-order valence-electron chi connectivity index (χ1n) is 5.39. The van der Waals surface area contributed by atoms with Crippen molar-refractivity contribution in [3.63, 3.8) is 0 Å². The number of rotatable bonds is 2. The van der Waals surface area contributed by atoms with E-state index < -0.39 is 0 Å². The third kappa shape index (κ3) is 1.75. The lowest BCUT2D eigenvalue weighted by Gasteiger charge is -2.27. The lowest BCUT2D eigenvalue weighted by Crippen LogP contribution is -2.28. The lowest BCUT2D eigenvalue weighted by atomic mass is 9.96. The van der Waals surface area contributed by atoms with Gasteiger partial charge in [0.15, 0.2) is 0 Å². The van der Waals surface area contributed by atoms with E-state index >= 15 is 0 Å². The summed E-state index contributed by atoms with van der Waals surface area (Å²) in [5, 5.41) is 6.97. The zero-order valence-electron chi connectivity index (χ0n) is 8.93. The number of nitrogens with one attached hydrogen (secondary N) is 2. The van der Waals surface area contributed by atoms with Gasteiger partial charge in [0.25, 0.3) is 0 Å². The fraction of sp³-hybridized carbons (Fsp3) is 0.500. The Morgan fingerprint density at radius 2 is 2.36 bits per heavy atom. The quantitative estimate of drug-likeness (QED) is 0.748. The summed E-state index contributed by atoms with van der Waals surface area (Å²) in [5.74, 6) is 0. The van der Waals surface area contributed by atoms with Gasteiger partial charge in [-0.25, -0.2) is 0 Å². The predicted molar refractivity (Wildman–Crippen MR) is 60.7 cm³/mol. The van der Waals surface area contributed by atoms with E-state index in [9.17, 15) is 0 Å². The van der Waals surface area contributed by atoms with Gasteiger partial charge in [-0.3, -0.25) is 0 Å². The van der Waals surface area contributed by atoms with Gasteiger partial charge in [-0.2, -0.15) is 0 Å². The number of fused-ring (bicyclic) bond motifs is 1. The van der Waals surface area contributed by atoms with Gasteiger partial charge >= 0.3 is 0 Å². The van der Waals surface area contributed by atoms with Crippen LogP contribution in [0.15, 0.2) is 18.2 Å². The summed E-state index contributed by atoms with van der Waals surface area (Å²) in [6.45, 7) is 6.42. The Balaban J connectivity index is 2.30. The predicted octanol–water partition coefficient (Wildman–Crippen LogP) is 2.46. The fourth-order valence-electron chi connectivity index (χ4n) is 2.09. The summed E-state index contributed by atoms with van der Waals surface area (Å²) in [5.41, 5.74) is 4.05. The molecule has 1 unspecified atom stereocenters. The zero-order chi connectivity index (χ0) is 9.97. The molecule has 1 aliphatic heterocycles. The molecular formula is C12H18N2. The number of hydrogen-bond donors (Lipinski definition) is 2. The Morgan fingerprint density at radius 1 is 1.50 bits per heavy atom. The van der Waals surface area contributed by atoms with Crippen molar-refractivity contribution in [3.8, 4) is 0 Å². The summed E-state index contributed by atoms with van der Waals surface area (Å²) in [7, 11) is 0. The highest BCUT2D eigenvalue weighted by Gasteiger charge is 2.18. The van der Waals surface area contributed by atoms with Crippen LogP contribution in [0.25, 0.3) is 0 Å². The van der Waals surface area contributed by atoms with E-state index in [1.165, 1.54) is 23.2 Å². The molecule has 0 aliphatic carbocycles. The minimum absolute atomic E-state index is 0.539. The monoisotopic (exact) mass is 190 g/mol. The Bertz CT molecular complexity index is 320. The number of anilines is 1. The van der Waals surface area contributed by atoms with Gasteiger partial charge in [0.05, 0.1) is 0 Å². The van der Waals surface area contributed by atoms with Crippen LogP contribution >= 0.6 is 0 Å². The second kappa shape index (κ2) is 4.01. The maximum Gasteiger partial charge on any atom is 0.0391 e. The van der Waals surface area contributed by atoms with Crippen LogP contribution in [0.2, 0.25) is 0 Å². The van der Waals surface area contributed by atoms with E-state index in [4.69, 9.17) is 0 Å². The molecule has 2 N–H and O–H groups in total. The molecule has 2 rings (SSSR count). The van der Waals surface area contributed by atoms with E-state index in [2.05, 4.69) is 42.7 Å². The maximum atomic E-state index is 3.52. The highest BCUT2D eigenvalue weighted by atomic mass is 15.0. The topological polar surface area (TPSA) is 24.1 Å². The minimum atomic E-state index is 0.539. The molecule has 2 heteroatoms. The average Bonchev–Trinajstić information content (AvgIpc) is 2.18. The van der Waals surface area contributed by atoms with Crippen molar-refractivity contribution in [2.24, 2.45) is 0 Å². The van der Waals surface area contributed by atoms with Crippen LogP contribution in [-0.2, 0) is 0 Å². The summed E-state index contributed by atoms with van der Waals surface area (Å²) in [4.78, 5) is 0. The Morgan fingerprint density at radius 3 is 3.14 bits per heavy atom. The summed E-state index contributed by atoms with van der Waals surface area (Å²) < 4.78 is 0. The van der Waals surface area contributed by atoms with Crippen LogP contribution < -0.4 is 10.6 Å². The van der Waals surface area contributed by atoms with Gasteiger partial charge < -0.3 is 10.6 Å². The summed E-state index contributed by atoms with van der Waals surface area (Å²) in [6, 6.07) is 7.20. The second-order valence-corrected chi connectivity index (χ2v) is 3.92. The van der Waals surface area contributed by atoms with Crippen molar-refractivity contribution in [2.75, 3.05) is 18.4 Å². The standard InChI is InChI=1S/C12H18N2/c1-3-13-11-6-7-14-12-8-9(2)4-5-10(11)12/h4-5,8,11,13-14H,3,6-7H2,1-2H3.